The SMILES string of the molecule is Cc1c(-n2c3ccc(-n4c5ccccc5c5c6ccccc6ccc54)cc3c3c4ccccc4ccc32)nc2ccccc2c1-c1ccc2ccc3ccccc3c2c1. The highest BCUT2D eigenvalue weighted by Crippen LogP contribution is 2.43. The third-order valence-electron chi connectivity index (χ3n) is 12.8. The summed E-state index contributed by atoms with van der Waals surface area (Å²) in [6, 6.07) is 71.2. The summed E-state index contributed by atoms with van der Waals surface area (Å²) in [5.41, 5.74) is 10.4. The van der Waals surface area contributed by atoms with Gasteiger partial charge in [0.05, 0.1) is 27.6 Å². The molecule has 0 saturated heterocycles. The average Bonchev–Trinajstić information content (AvgIpc) is 3.81. The molecule has 10 aromatic carbocycles. The van der Waals surface area contributed by atoms with E-state index in [1.165, 1.54) is 86.8 Å². The Morgan fingerprint density at radius 1 is 0.356 bits per heavy atom. The summed E-state index contributed by atoms with van der Waals surface area (Å²) >= 11 is 0. The number of benzene rings is 10. The molecule has 3 heterocycles. The fraction of sp³-hybridized carbons (Fsp3) is 0.0179. The Balaban J connectivity index is 1.12. The van der Waals surface area contributed by atoms with Gasteiger partial charge in [0.15, 0.2) is 0 Å². The minimum absolute atomic E-state index is 0.947. The van der Waals surface area contributed by atoms with Crippen molar-refractivity contribution in [1.82, 2.24) is 14.1 Å². The van der Waals surface area contributed by atoms with Crippen molar-refractivity contribution in [3.63, 3.8) is 0 Å². The first-order valence-electron chi connectivity index (χ1n) is 20.4. The lowest BCUT2D eigenvalue weighted by atomic mass is 9.93. The van der Waals surface area contributed by atoms with Crippen LogP contribution in [0.1, 0.15) is 5.56 Å². The number of aromatic nitrogens is 3. The van der Waals surface area contributed by atoms with Crippen LogP contribution < -0.4 is 0 Å². The highest BCUT2D eigenvalue weighted by molar-refractivity contribution is 6.24. The molecule has 3 nitrogen and oxygen atoms in total. The molecule has 274 valence electrons. The predicted molar refractivity (Wildman–Crippen MR) is 251 cm³/mol. The van der Waals surface area contributed by atoms with Gasteiger partial charge in [-0.2, -0.15) is 0 Å². The minimum Gasteiger partial charge on any atom is -0.309 e. The van der Waals surface area contributed by atoms with E-state index in [0.717, 1.165) is 39.0 Å². The van der Waals surface area contributed by atoms with Gasteiger partial charge in [0.25, 0.3) is 0 Å². The highest BCUT2D eigenvalue weighted by Gasteiger charge is 2.23. The van der Waals surface area contributed by atoms with Crippen molar-refractivity contribution in [1.29, 1.82) is 0 Å². The molecule has 0 bridgehead atoms. The molecule has 13 aromatic rings. The van der Waals surface area contributed by atoms with Crippen LogP contribution in [0.2, 0.25) is 0 Å². The fourth-order valence-electron chi connectivity index (χ4n) is 10.2. The van der Waals surface area contributed by atoms with Crippen LogP contribution in [0, 0.1) is 6.92 Å². The number of para-hydroxylation sites is 2. The molecule has 0 radical (unpaired) electrons. The summed E-state index contributed by atoms with van der Waals surface area (Å²) in [5, 5.41) is 16.1. The molecular weight excluding hydrogens is 715 g/mol. The second kappa shape index (κ2) is 12.1. The number of fused-ring (bicyclic) bond motifs is 14. The van der Waals surface area contributed by atoms with E-state index in [1.54, 1.807) is 0 Å². The summed E-state index contributed by atoms with van der Waals surface area (Å²) in [7, 11) is 0. The highest BCUT2D eigenvalue weighted by atomic mass is 15.1. The van der Waals surface area contributed by atoms with Crippen LogP contribution in [0.5, 0.6) is 0 Å². The Kier molecular flexibility index (Phi) is 6.65. The number of pyridine rings is 1. The third kappa shape index (κ3) is 4.56. The van der Waals surface area contributed by atoms with E-state index < -0.39 is 0 Å². The molecule has 0 aliphatic rings. The largest absolute Gasteiger partial charge is 0.309 e. The number of nitrogens with zero attached hydrogens (tertiary/aromatic N) is 3. The molecule has 0 atom stereocenters. The van der Waals surface area contributed by atoms with E-state index in [0.29, 0.717) is 0 Å². The zero-order valence-electron chi connectivity index (χ0n) is 32.3. The molecule has 0 aliphatic carbocycles. The van der Waals surface area contributed by atoms with Crippen molar-refractivity contribution in [2.24, 2.45) is 0 Å². The lowest BCUT2D eigenvalue weighted by Crippen LogP contribution is -2.03. The average molecular weight is 750 g/mol. The van der Waals surface area contributed by atoms with Crippen LogP contribution in [0.15, 0.2) is 194 Å². The minimum atomic E-state index is 0.947. The van der Waals surface area contributed by atoms with Gasteiger partial charge in [-0.1, -0.05) is 146 Å². The van der Waals surface area contributed by atoms with E-state index in [4.69, 9.17) is 4.98 Å². The zero-order valence-corrected chi connectivity index (χ0v) is 32.3. The molecule has 0 saturated carbocycles. The van der Waals surface area contributed by atoms with Gasteiger partial charge < -0.3 is 4.57 Å². The van der Waals surface area contributed by atoms with Crippen LogP contribution in [0.3, 0.4) is 0 Å². The molecular formula is C56H35N3. The van der Waals surface area contributed by atoms with Crippen LogP contribution in [0.25, 0.3) is 120 Å². The van der Waals surface area contributed by atoms with E-state index in [2.05, 4.69) is 210 Å². The summed E-state index contributed by atoms with van der Waals surface area (Å²) in [5.74, 6) is 0.947. The van der Waals surface area contributed by atoms with Crippen molar-refractivity contribution in [3.8, 4) is 22.6 Å². The fourth-order valence-corrected chi connectivity index (χ4v) is 10.2. The maximum Gasteiger partial charge on any atom is 0.141 e. The summed E-state index contributed by atoms with van der Waals surface area (Å²) < 4.78 is 4.87. The molecule has 3 heteroatoms. The van der Waals surface area contributed by atoms with Gasteiger partial charge in [0, 0.05) is 38.2 Å². The number of hydrogen-bond donors (Lipinski definition) is 0. The molecule has 0 unspecified atom stereocenters. The number of rotatable bonds is 3. The van der Waals surface area contributed by atoms with Gasteiger partial charge in [0.1, 0.15) is 5.82 Å². The molecule has 59 heavy (non-hydrogen) atoms. The van der Waals surface area contributed by atoms with Gasteiger partial charge in [0.2, 0.25) is 0 Å². The Bertz CT molecular complexity index is 3920. The van der Waals surface area contributed by atoms with E-state index in [1.807, 2.05) is 0 Å². The van der Waals surface area contributed by atoms with Gasteiger partial charge in [-0.3, -0.25) is 4.57 Å². The monoisotopic (exact) mass is 749 g/mol. The maximum absolute atomic E-state index is 5.54. The van der Waals surface area contributed by atoms with Gasteiger partial charge in [-0.15, -0.1) is 0 Å². The van der Waals surface area contributed by atoms with E-state index >= 15 is 0 Å². The molecule has 0 fully saturated rings. The molecule has 0 aliphatic heterocycles. The van der Waals surface area contributed by atoms with Gasteiger partial charge in [-0.05, 0) is 110 Å². The number of hydrogen-bond acceptors (Lipinski definition) is 1. The Hall–Kier alpha value is -7.75. The smallest absolute Gasteiger partial charge is 0.141 e. The molecule has 0 amide bonds. The van der Waals surface area contributed by atoms with E-state index in [9.17, 15) is 0 Å². The van der Waals surface area contributed by atoms with Crippen molar-refractivity contribution >= 4 is 97.6 Å². The van der Waals surface area contributed by atoms with Crippen molar-refractivity contribution in [2.45, 2.75) is 6.92 Å². The first-order valence-corrected chi connectivity index (χ1v) is 20.4. The normalized spacial score (nSPS) is 12.2. The molecule has 13 rings (SSSR count). The van der Waals surface area contributed by atoms with Crippen LogP contribution in [-0.2, 0) is 0 Å². The lowest BCUT2D eigenvalue weighted by molar-refractivity contribution is 1.08. The van der Waals surface area contributed by atoms with Gasteiger partial charge in [-0.25, -0.2) is 4.98 Å². The Morgan fingerprint density at radius 2 is 0.864 bits per heavy atom. The van der Waals surface area contributed by atoms with E-state index in [-0.39, 0.29) is 0 Å². The topological polar surface area (TPSA) is 22.8 Å². The Morgan fingerprint density at radius 3 is 1.61 bits per heavy atom. The quantitative estimate of drug-likeness (QED) is 0.165. The molecule has 3 aromatic heterocycles. The van der Waals surface area contributed by atoms with Gasteiger partial charge >= 0.3 is 0 Å². The molecule has 0 spiro atoms. The van der Waals surface area contributed by atoms with Crippen LogP contribution in [0.4, 0.5) is 0 Å². The van der Waals surface area contributed by atoms with Crippen molar-refractivity contribution in [2.75, 3.05) is 0 Å². The Labute approximate surface area is 339 Å². The van der Waals surface area contributed by atoms with Crippen molar-refractivity contribution in [3.05, 3.63) is 200 Å². The maximum atomic E-state index is 5.54. The standard InChI is InChI=1S/C56H35N3/c1-34-53(39-25-24-38-23-22-35-12-2-5-15-41(35)46(38)32-39)44-18-8-10-20-48(44)57-56(34)59-50-31-28-40(33-47(50)55-43-17-7-4-14-37(43)27-30-52(55)59)58-49-21-11-9-19-45(49)54-42-16-6-3-13-36(42)26-29-51(54)58/h2-33H,1H3. The van der Waals surface area contributed by atoms with Crippen molar-refractivity contribution < 1.29 is 0 Å². The second-order valence-electron chi connectivity index (χ2n) is 15.9. The first kappa shape index (κ1) is 32.3. The first-order chi connectivity index (χ1) is 29.2. The van der Waals surface area contributed by atoms with Crippen LogP contribution in [-0.4, -0.2) is 14.1 Å². The second-order valence-corrected chi connectivity index (χ2v) is 15.9. The lowest BCUT2D eigenvalue weighted by Gasteiger charge is -2.18. The zero-order chi connectivity index (χ0) is 38.8. The third-order valence-corrected chi connectivity index (χ3v) is 12.8. The summed E-state index contributed by atoms with van der Waals surface area (Å²) in [6.07, 6.45) is 0. The molecule has 0 N–H and O–H groups in total. The van der Waals surface area contributed by atoms with Crippen LogP contribution >= 0.6 is 0 Å². The predicted octanol–water partition coefficient (Wildman–Crippen LogP) is 15.0. The summed E-state index contributed by atoms with van der Waals surface area (Å²) in [6.45, 7) is 2.26. The summed E-state index contributed by atoms with van der Waals surface area (Å²) in [4.78, 5) is 5.54.